The summed E-state index contributed by atoms with van der Waals surface area (Å²) in [7, 11) is 0. The van der Waals surface area contributed by atoms with Crippen LogP contribution in [0.2, 0.25) is 0 Å². The molecule has 0 saturated heterocycles. The van der Waals surface area contributed by atoms with E-state index in [1.165, 1.54) is 44.9 Å². The summed E-state index contributed by atoms with van der Waals surface area (Å²) < 4.78 is 36.2. The number of hydrogen-bond acceptors (Lipinski definition) is 1. The molecule has 0 aliphatic rings. The number of hydrogen-bond donors (Lipinski definition) is 0. The lowest BCUT2D eigenvalue weighted by atomic mass is 9.95. The summed E-state index contributed by atoms with van der Waals surface area (Å²) in [5.74, 6) is -0.695. The highest BCUT2D eigenvalue weighted by Crippen LogP contribution is 2.35. The van der Waals surface area contributed by atoms with Crippen LogP contribution in [0.25, 0.3) is 32.7 Å². The van der Waals surface area contributed by atoms with Crippen molar-refractivity contribution in [3.8, 4) is 16.9 Å². The third-order valence-electron chi connectivity index (χ3n) is 7.33. The van der Waals surface area contributed by atoms with Gasteiger partial charge in [-0.1, -0.05) is 102 Å². The van der Waals surface area contributed by atoms with Crippen molar-refractivity contribution in [2.75, 3.05) is 6.61 Å². The molecule has 4 aromatic carbocycles. The van der Waals surface area contributed by atoms with E-state index < -0.39 is 11.6 Å². The van der Waals surface area contributed by atoms with E-state index in [-0.39, 0.29) is 0 Å². The van der Waals surface area contributed by atoms with Crippen molar-refractivity contribution >= 4 is 21.5 Å². The molecule has 0 amide bonds. The summed E-state index contributed by atoms with van der Waals surface area (Å²) in [6.07, 6.45) is 13.2. The molecule has 0 aliphatic carbocycles. The van der Waals surface area contributed by atoms with Crippen molar-refractivity contribution in [1.82, 2.24) is 0 Å². The Balaban J connectivity index is 1.42. The Hall–Kier alpha value is -2.94. The third kappa shape index (κ3) is 6.89. The van der Waals surface area contributed by atoms with Crippen LogP contribution in [0, 0.1) is 11.6 Å². The maximum absolute atomic E-state index is 15.2. The van der Waals surface area contributed by atoms with Crippen LogP contribution in [0.3, 0.4) is 0 Å². The largest absolute Gasteiger partial charge is 0.494 e. The smallest absolute Gasteiger partial charge is 0.167 e. The Kier molecular flexibility index (Phi) is 9.93. The Morgan fingerprint density at radius 2 is 1.11 bits per heavy atom. The van der Waals surface area contributed by atoms with Gasteiger partial charge in [0.2, 0.25) is 0 Å². The molecule has 4 aromatic rings. The second kappa shape index (κ2) is 13.6. The highest BCUT2D eigenvalue weighted by molar-refractivity contribution is 6.09. The minimum atomic E-state index is -0.776. The van der Waals surface area contributed by atoms with Gasteiger partial charge < -0.3 is 4.74 Å². The average molecular weight is 503 g/mol. The quantitative estimate of drug-likeness (QED) is 0.123. The lowest BCUT2D eigenvalue weighted by Crippen LogP contribution is -1.97. The molecule has 0 aromatic heterocycles. The van der Waals surface area contributed by atoms with Crippen LogP contribution in [-0.2, 0) is 6.42 Å². The van der Waals surface area contributed by atoms with Crippen LogP contribution in [0.5, 0.6) is 5.75 Å². The van der Waals surface area contributed by atoms with Crippen molar-refractivity contribution in [2.45, 2.75) is 84.5 Å². The van der Waals surface area contributed by atoms with Crippen molar-refractivity contribution in [3.63, 3.8) is 0 Å². The molecule has 0 spiro atoms. The SMILES string of the molecule is CCCCCCCCCCOc1ccc(-c2ccc3c(c2)c(F)c(F)c2cc(CCCC)ccc23)cc1. The first-order chi connectivity index (χ1) is 18.1. The van der Waals surface area contributed by atoms with Crippen molar-refractivity contribution in [3.05, 3.63) is 77.9 Å². The summed E-state index contributed by atoms with van der Waals surface area (Å²) in [6.45, 7) is 5.10. The molecule has 0 N–H and O–H groups in total. The van der Waals surface area contributed by atoms with Gasteiger partial charge in [-0.15, -0.1) is 0 Å². The van der Waals surface area contributed by atoms with E-state index in [0.29, 0.717) is 10.8 Å². The van der Waals surface area contributed by atoms with Gasteiger partial charge in [-0.3, -0.25) is 0 Å². The first-order valence-electron chi connectivity index (χ1n) is 14.2. The number of benzene rings is 4. The topological polar surface area (TPSA) is 9.23 Å². The fraction of sp³-hybridized carbons (Fsp3) is 0.412. The highest BCUT2D eigenvalue weighted by atomic mass is 19.2. The van der Waals surface area contributed by atoms with Crippen LogP contribution in [0.4, 0.5) is 8.78 Å². The van der Waals surface area contributed by atoms with E-state index in [1.807, 2.05) is 54.6 Å². The molecule has 4 rings (SSSR count). The Bertz CT molecular complexity index is 1290. The standard InChI is InChI=1S/C34H40F2O/c1-3-5-7-8-9-10-11-12-22-37-28-18-15-26(16-19-28)27-17-21-30-29-20-14-25(13-6-4-2)23-31(29)33(35)34(36)32(30)24-27/h14-21,23-24H,3-13,22H2,1-2H3. The number of fused-ring (bicyclic) bond motifs is 3. The second-order valence-electron chi connectivity index (χ2n) is 10.2. The molecule has 3 heteroatoms. The van der Waals surface area contributed by atoms with Crippen molar-refractivity contribution in [2.24, 2.45) is 0 Å². The zero-order valence-corrected chi connectivity index (χ0v) is 22.4. The van der Waals surface area contributed by atoms with E-state index in [0.717, 1.165) is 65.5 Å². The van der Waals surface area contributed by atoms with Crippen LogP contribution in [0.1, 0.15) is 83.6 Å². The van der Waals surface area contributed by atoms with Crippen LogP contribution >= 0.6 is 0 Å². The normalized spacial score (nSPS) is 11.5. The number of ether oxygens (including phenoxy) is 1. The predicted octanol–water partition coefficient (Wildman–Crippen LogP) is 10.8. The Labute approximate surface area is 220 Å². The van der Waals surface area contributed by atoms with Gasteiger partial charge in [-0.2, -0.15) is 0 Å². The zero-order chi connectivity index (χ0) is 26.0. The molecule has 0 fully saturated rings. The molecule has 0 atom stereocenters. The summed E-state index contributed by atoms with van der Waals surface area (Å²) in [4.78, 5) is 0. The minimum absolute atomic E-state index is 0.318. The first kappa shape index (κ1) is 27.1. The van der Waals surface area contributed by atoms with Gasteiger partial charge in [0.25, 0.3) is 0 Å². The predicted molar refractivity (Wildman–Crippen MR) is 154 cm³/mol. The van der Waals surface area contributed by atoms with E-state index in [2.05, 4.69) is 13.8 Å². The third-order valence-corrected chi connectivity index (χ3v) is 7.33. The number of rotatable bonds is 14. The summed E-state index contributed by atoms with van der Waals surface area (Å²) in [5, 5.41) is 2.18. The lowest BCUT2D eigenvalue weighted by molar-refractivity contribution is 0.304. The highest BCUT2D eigenvalue weighted by Gasteiger charge is 2.16. The van der Waals surface area contributed by atoms with Crippen LogP contribution in [0.15, 0.2) is 60.7 Å². The molecule has 196 valence electrons. The Morgan fingerprint density at radius 3 is 1.78 bits per heavy atom. The van der Waals surface area contributed by atoms with Gasteiger partial charge in [-0.05, 0) is 71.0 Å². The van der Waals surface area contributed by atoms with Gasteiger partial charge in [0.05, 0.1) is 6.61 Å². The zero-order valence-electron chi connectivity index (χ0n) is 22.4. The maximum Gasteiger partial charge on any atom is 0.167 e. The van der Waals surface area contributed by atoms with Crippen LogP contribution in [-0.4, -0.2) is 6.61 Å². The Morgan fingerprint density at radius 1 is 0.541 bits per heavy atom. The lowest BCUT2D eigenvalue weighted by Gasteiger charge is -2.12. The molecular weight excluding hydrogens is 462 g/mol. The van der Waals surface area contributed by atoms with Gasteiger partial charge >= 0.3 is 0 Å². The van der Waals surface area contributed by atoms with Gasteiger partial charge in [0.15, 0.2) is 11.6 Å². The monoisotopic (exact) mass is 502 g/mol. The summed E-state index contributed by atoms with van der Waals surface area (Å²) in [5.41, 5.74) is 2.86. The number of unbranched alkanes of at least 4 members (excludes halogenated alkanes) is 8. The molecular formula is C34H40F2O. The fourth-order valence-electron chi connectivity index (χ4n) is 5.09. The van der Waals surface area contributed by atoms with Crippen molar-refractivity contribution in [1.29, 1.82) is 0 Å². The second-order valence-corrected chi connectivity index (χ2v) is 10.2. The van der Waals surface area contributed by atoms with E-state index in [4.69, 9.17) is 4.74 Å². The first-order valence-corrected chi connectivity index (χ1v) is 14.2. The molecule has 0 saturated carbocycles. The molecule has 1 nitrogen and oxygen atoms in total. The van der Waals surface area contributed by atoms with E-state index >= 15 is 8.78 Å². The van der Waals surface area contributed by atoms with E-state index in [9.17, 15) is 0 Å². The van der Waals surface area contributed by atoms with Crippen molar-refractivity contribution < 1.29 is 13.5 Å². The van der Waals surface area contributed by atoms with Crippen LogP contribution < -0.4 is 4.74 Å². The van der Waals surface area contributed by atoms with E-state index in [1.54, 1.807) is 6.07 Å². The van der Waals surface area contributed by atoms with Gasteiger partial charge in [-0.25, -0.2) is 8.78 Å². The maximum atomic E-state index is 15.2. The summed E-state index contributed by atoms with van der Waals surface area (Å²) in [6, 6.07) is 19.3. The molecule has 0 heterocycles. The fourth-order valence-corrected chi connectivity index (χ4v) is 5.09. The molecule has 0 aliphatic heterocycles. The molecule has 37 heavy (non-hydrogen) atoms. The molecule has 0 radical (unpaired) electrons. The minimum Gasteiger partial charge on any atom is -0.494 e. The summed E-state index contributed by atoms with van der Waals surface area (Å²) >= 11 is 0. The molecule has 0 bridgehead atoms. The van der Waals surface area contributed by atoms with Gasteiger partial charge in [0, 0.05) is 10.8 Å². The molecule has 0 unspecified atom stereocenters. The van der Waals surface area contributed by atoms with Gasteiger partial charge in [0.1, 0.15) is 5.75 Å². The number of aryl methyl sites for hydroxylation is 1. The number of halogens is 2. The average Bonchev–Trinajstić information content (AvgIpc) is 2.94.